The SMILES string of the molecule is CCc1n[c]c2ccccc2n1. The van der Waals surface area contributed by atoms with E-state index < -0.39 is 0 Å². The van der Waals surface area contributed by atoms with Gasteiger partial charge in [-0.1, -0.05) is 25.1 Å². The molecule has 59 valence electrons. The number of benzene rings is 1. The lowest BCUT2D eigenvalue weighted by Gasteiger charge is -1.96. The van der Waals surface area contributed by atoms with Crippen molar-refractivity contribution in [2.75, 3.05) is 0 Å². The van der Waals surface area contributed by atoms with E-state index in [2.05, 4.69) is 16.2 Å². The average molecular weight is 157 g/mol. The Morgan fingerprint density at radius 3 is 3.00 bits per heavy atom. The summed E-state index contributed by atoms with van der Waals surface area (Å²) < 4.78 is 0. The molecule has 2 heteroatoms. The average Bonchev–Trinajstić information content (AvgIpc) is 2.17. The molecule has 1 radical (unpaired) electrons. The molecule has 2 nitrogen and oxygen atoms in total. The Morgan fingerprint density at radius 2 is 2.17 bits per heavy atom. The Labute approximate surface area is 71.3 Å². The highest BCUT2D eigenvalue weighted by Crippen LogP contribution is 2.08. The van der Waals surface area contributed by atoms with Crippen molar-refractivity contribution < 1.29 is 0 Å². The molecule has 0 saturated carbocycles. The topological polar surface area (TPSA) is 25.8 Å². The van der Waals surface area contributed by atoms with Crippen molar-refractivity contribution >= 4 is 10.9 Å². The number of hydrogen-bond acceptors (Lipinski definition) is 2. The van der Waals surface area contributed by atoms with Crippen molar-refractivity contribution in [1.29, 1.82) is 0 Å². The van der Waals surface area contributed by atoms with Gasteiger partial charge in [0.25, 0.3) is 0 Å². The second kappa shape index (κ2) is 2.89. The molecule has 0 unspecified atom stereocenters. The summed E-state index contributed by atoms with van der Waals surface area (Å²) >= 11 is 0. The molecule has 0 saturated heterocycles. The molecule has 0 aliphatic rings. The molecular weight excluding hydrogens is 148 g/mol. The summed E-state index contributed by atoms with van der Waals surface area (Å²) in [6.45, 7) is 2.04. The third-order valence-electron chi connectivity index (χ3n) is 1.78. The van der Waals surface area contributed by atoms with E-state index in [1.54, 1.807) is 0 Å². The molecular formula is C10H9N2. The molecule has 2 rings (SSSR count). The Kier molecular flexibility index (Phi) is 1.74. The summed E-state index contributed by atoms with van der Waals surface area (Å²) in [5.41, 5.74) is 0.976. The van der Waals surface area contributed by atoms with Crippen molar-refractivity contribution in [1.82, 2.24) is 9.97 Å². The molecule has 0 spiro atoms. The zero-order chi connectivity index (χ0) is 8.39. The van der Waals surface area contributed by atoms with E-state index in [0.29, 0.717) is 0 Å². The molecule has 1 heterocycles. The highest BCUT2D eigenvalue weighted by molar-refractivity contribution is 5.76. The van der Waals surface area contributed by atoms with Crippen molar-refractivity contribution in [2.45, 2.75) is 13.3 Å². The van der Waals surface area contributed by atoms with Gasteiger partial charge in [-0.25, -0.2) is 9.97 Å². The lowest BCUT2D eigenvalue weighted by atomic mass is 10.2. The Bertz CT molecular complexity index is 396. The van der Waals surface area contributed by atoms with Gasteiger partial charge in [0.05, 0.1) is 5.52 Å². The highest BCUT2D eigenvalue weighted by atomic mass is 14.9. The highest BCUT2D eigenvalue weighted by Gasteiger charge is 1.95. The second-order valence-corrected chi connectivity index (χ2v) is 2.62. The maximum absolute atomic E-state index is 4.35. The fourth-order valence-corrected chi connectivity index (χ4v) is 1.11. The van der Waals surface area contributed by atoms with Crippen LogP contribution in [0.4, 0.5) is 0 Å². The number of fused-ring (bicyclic) bond motifs is 1. The second-order valence-electron chi connectivity index (χ2n) is 2.62. The molecule has 0 aliphatic carbocycles. The van der Waals surface area contributed by atoms with Gasteiger partial charge >= 0.3 is 0 Å². The van der Waals surface area contributed by atoms with Crippen molar-refractivity contribution in [2.24, 2.45) is 0 Å². The van der Waals surface area contributed by atoms with Crippen LogP contribution in [0.2, 0.25) is 0 Å². The molecule has 1 aromatic carbocycles. The van der Waals surface area contributed by atoms with Crippen LogP contribution in [0.1, 0.15) is 12.7 Å². The van der Waals surface area contributed by atoms with Crippen LogP contribution in [0, 0.1) is 6.20 Å². The summed E-state index contributed by atoms with van der Waals surface area (Å²) in [7, 11) is 0. The molecule has 1 aromatic heterocycles. The van der Waals surface area contributed by atoms with E-state index in [4.69, 9.17) is 0 Å². The number of aryl methyl sites for hydroxylation is 1. The zero-order valence-electron chi connectivity index (χ0n) is 6.91. The zero-order valence-corrected chi connectivity index (χ0v) is 6.91. The first kappa shape index (κ1) is 7.22. The predicted octanol–water partition coefficient (Wildman–Crippen LogP) is 1.99. The standard InChI is InChI=1S/C10H9N2/c1-2-10-11-7-8-5-3-4-6-9(8)12-10/h3-6H,2H2,1H3. The van der Waals surface area contributed by atoms with Crippen molar-refractivity contribution in [3.05, 3.63) is 36.3 Å². The van der Waals surface area contributed by atoms with Crippen LogP contribution in [0.25, 0.3) is 10.9 Å². The van der Waals surface area contributed by atoms with Crippen LogP contribution in [0.15, 0.2) is 24.3 Å². The van der Waals surface area contributed by atoms with E-state index in [1.165, 1.54) is 0 Å². The minimum absolute atomic E-state index is 0.855. The fraction of sp³-hybridized carbons (Fsp3) is 0.200. The number of nitrogens with zero attached hydrogens (tertiary/aromatic N) is 2. The molecule has 0 atom stereocenters. The molecule has 0 aliphatic heterocycles. The first-order valence-electron chi connectivity index (χ1n) is 4.03. The maximum Gasteiger partial charge on any atom is 0.129 e. The van der Waals surface area contributed by atoms with Gasteiger partial charge in [0.15, 0.2) is 0 Å². The molecule has 0 bridgehead atoms. The monoisotopic (exact) mass is 157 g/mol. The minimum atomic E-state index is 0.855. The maximum atomic E-state index is 4.35. The van der Waals surface area contributed by atoms with Crippen LogP contribution in [0.5, 0.6) is 0 Å². The van der Waals surface area contributed by atoms with Gasteiger partial charge in [-0.15, -0.1) is 0 Å². The van der Waals surface area contributed by atoms with Gasteiger partial charge in [-0.2, -0.15) is 0 Å². The van der Waals surface area contributed by atoms with Gasteiger partial charge in [0.2, 0.25) is 0 Å². The van der Waals surface area contributed by atoms with E-state index >= 15 is 0 Å². The Balaban J connectivity index is 2.67. The Hall–Kier alpha value is -1.44. The minimum Gasteiger partial charge on any atom is -0.233 e. The molecule has 12 heavy (non-hydrogen) atoms. The summed E-state index contributed by atoms with van der Waals surface area (Å²) in [5, 5.41) is 0.981. The van der Waals surface area contributed by atoms with Crippen LogP contribution in [-0.2, 0) is 6.42 Å². The molecule has 0 fully saturated rings. The molecule has 0 amide bonds. The summed E-state index contributed by atoms with van der Waals surface area (Å²) in [4.78, 5) is 8.44. The largest absolute Gasteiger partial charge is 0.233 e. The van der Waals surface area contributed by atoms with Crippen molar-refractivity contribution in [3.8, 4) is 0 Å². The quantitative estimate of drug-likeness (QED) is 0.632. The number of aromatic nitrogens is 2. The molecule has 2 aromatic rings. The van der Waals surface area contributed by atoms with Gasteiger partial charge in [-0.05, 0) is 6.07 Å². The Morgan fingerprint density at radius 1 is 1.33 bits per heavy atom. The lowest BCUT2D eigenvalue weighted by molar-refractivity contribution is 0.958. The third-order valence-corrected chi connectivity index (χ3v) is 1.78. The smallest absolute Gasteiger partial charge is 0.129 e. The van der Waals surface area contributed by atoms with E-state index in [9.17, 15) is 0 Å². The number of hydrogen-bond donors (Lipinski definition) is 0. The number of para-hydroxylation sites is 1. The van der Waals surface area contributed by atoms with Crippen LogP contribution >= 0.6 is 0 Å². The van der Waals surface area contributed by atoms with Gasteiger partial charge in [0, 0.05) is 11.8 Å². The van der Waals surface area contributed by atoms with E-state index in [0.717, 1.165) is 23.1 Å². The third kappa shape index (κ3) is 1.16. The van der Waals surface area contributed by atoms with Gasteiger partial charge in [-0.3, -0.25) is 0 Å². The van der Waals surface area contributed by atoms with Gasteiger partial charge in [0.1, 0.15) is 12.0 Å². The number of rotatable bonds is 1. The van der Waals surface area contributed by atoms with Crippen LogP contribution in [0.3, 0.4) is 0 Å². The lowest BCUT2D eigenvalue weighted by Crippen LogP contribution is -1.92. The first-order chi connectivity index (χ1) is 5.90. The van der Waals surface area contributed by atoms with E-state index in [-0.39, 0.29) is 0 Å². The van der Waals surface area contributed by atoms with Crippen LogP contribution < -0.4 is 0 Å². The predicted molar refractivity (Wildman–Crippen MR) is 47.8 cm³/mol. The van der Waals surface area contributed by atoms with Crippen LogP contribution in [-0.4, -0.2) is 9.97 Å². The molecule has 0 N–H and O–H groups in total. The normalized spacial score (nSPS) is 10.4. The van der Waals surface area contributed by atoms with Gasteiger partial charge < -0.3 is 0 Å². The van der Waals surface area contributed by atoms with E-state index in [1.807, 2.05) is 31.2 Å². The summed E-state index contributed by atoms with van der Waals surface area (Å²) in [6.07, 6.45) is 3.82. The summed E-state index contributed by atoms with van der Waals surface area (Å²) in [5.74, 6) is 0.855. The first-order valence-corrected chi connectivity index (χ1v) is 4.03. The van der Waals surface area contributed by atoms with Crippen molar-refractivity contribution in [3.63, 3.8) is 0 Å². The fourth-order valence-electron chi connectivity index (χ4n) is 1.11. The summed E-state index contributed by atoms with van der Waals surface area (Å²) in [6, 6.07) is 7.89.